The first-order valence-corrected chi connectivity index (χ1v) is 19.0. The molecule has 0 aromatic carbocycles. The molecule has 11 heteroatoms. The fourth-order valence-corrected chi connectivity index (χ4v) is 6.36. The Bertz CT molecular complexity index is 1970. The van der Waals surface area contributed by atoms with Gasteiger partial charge in [0, 0.05) is 70.6 Å². The lowest BCUT2D eigenvalue weighted by Gasteiger charge is -2.15. The summed E-state index contributed by atoms with van der Waals surface area (Å²) in [4.78, 5) is 52.2. The van der Waals surface area contributed by atoms with E-state index in [0.29, 0.717) is 41.7 Å². The summed E-state index contributed by atoms with van der Waals surface area (Å²) in [6.07, 6.45) is 18.6. The summed E-state index contributed by atoms with van der Waals surface area (Å²) < 4.78 is 10.5. The van der Waals surface area contributed by atoms with E-state index in [1.165, 1.54) is 12.8 Å². The van der Waals surface area contributed by atoms with Crippen LogP contribution >= 0.6 is 0 Å². The second kappa shape index (κ2) is 21.6. The van der Waals surface area contributed by atoms with Crippen molar-refractivity contribution in [2.45, 2.75) is 85.5 Å². The van der Waals surface area contributed by atoms with Gasteiger partial charge in [-0.2, -0.15) is 10.5 Å². The number of pyridine rings is 4. The predicted molar refractivity (Wildman–Crippen MR) is 209 cm³/mol. The van der Waals surface area contributed by atoms with Crippen LogP contribution in [0.2, 0.25) is 0 Å². The van der Waals surface area contributed by atoms with E-state index in [1.807, 2.05) is 18.2 Å². The Balaban J connectivity index is 0.000000202. The third-order valence-electron chi connectivity index (χ3n) is 9.60. The standard InChI is InChI=1S/C22H23N3O2.C11H6N2O.C11H19NO2/c1-3-5-7-15(4-2)14-27-22(26)18(12-23)20-17-8-6-10-25-21(17)16-9-11-24-13-19(16)20;14-11-8-2-1-4-13-10(8)7-3-5-12-6-9(7)11;1-3-5-6-10(4-2)9-14-11(13)7-8-12/h6,8-11,13,15H,3-5,7,14H2,1-2H3;1-6H;10H,3-7,9H2,1-2H3/b20-18-;;. The highest BCUT2D eigenvalue weighted by Gasteiger charge is 2.31. The summed E-state index contributed by atoms with van der Waals surface area (Å²) in [5, 5.41) is 18.0. The van der Waals surface area contributed by atoms with Gasteiger partial charge in [-0.15, -0.1) is 0 Å². The molecule has 2 unspecified atom stereocenters. The third-order valence-corrected chi connectivity index (χ3v) is 9.60. The third kappa shape index (κ3) is 10.8. The van der Waals surface area contributed by atoms with E-state index in [2.05, 4.69) is 53.7 Å². The largest absolute Gasteiger partial charge is 0.465 e. The number of esters is 2. The maximum atomic E-state index is 12.7. The number of carbonyl (C=O) groups excluding carboxylic acids is 3. The molecule has 6 rings (SSSR count). The zero-order chi connectivity index (χ0) is 39.6. The van der Waals surface area contributed by atoms with E-state index in [0.717, 1.165) is 72.2 Å². The van der Waals surface area contributed by atoms with Crippen LogP contribution in [0.25, 0.3) is 28.1 Å². The fraction of sp³-hybridized carbons (Fsp3) is 0.386. The Morgan fingerprint density at radius 2 is 1.24 bits per heavy atom. The molecule has 2 atom stereocenters. The van der Waals surface area contributed by atoms with Gasteiger partial charge in [0.2, 0.25) is 0 Å². The molecule has 0 N–H and O–H groups in total. The predicted octanol–water partition coefficient (Wildman–Crippen LogP) is 8.89. The highest BCUT2D eigenvalue weighted by atomic mass is 16.5. The Morgan fingerprint density at radius 1 is 0.691 bits per heavy atom. The minimum atomic E-state index is -0.575. The Kier molecular flexibility index (Phi) is 16.4. The van der Waals surface area contributed by atoms with Crippen molar-refractivity contribution in [2.75, 3.05) is 13.2 Å². The number of ketones is 1. The van der Waals surface area contributed by atoms with Crippen LogP contribution in [0.4, 0.5) is 0 Å². The molecular formula is C44H48N6O5. The number of nitriles is 2. The number of rotatable bonds is 14. The molecule has 0 saturated carbocycles. The van der Waals surface area contributed by atoms with Gasteiger partial charge in [0.05, 0.1) is 36.2 Å². The first-order valence-electron chi connectivity index (χ1n) is 19.0. The summed E-state index contributed by atoms with van der Waals surface area (Å²) >= 11 is 0. The van der Waals surface area contributed by atoms with Crippen LogP contribution in [0.15, 0.2) is 79.2 Å². The maximum Gasteiger partial charge on any atom is 0.349 e. The van der Waals surface area contributed by atoms with Crippen molar-refractivity contribution in [2.24, 2.45) is 11.8 Å². The Morgan fingerprint density at radius 3 is 1.80 bits per heavy atom. The van der Waals surface area contributed by atoms with Gasteiger partial charge in [-0.25, -0.2) is 4.79 Å². The van der Waals surface area contributed by atoms with E-state index >= 15 is 0 Å². The lowest BCUT2D eigenvalue weighted by molar-refractivity contribution is -0.144. The molecular weight excluding hydrogens is 693 g/mol. The normalized spacial score (nSPS) is 13.4. The highest BCUT2D eigenvalue weighted by molar-refractivity contribution is 6.20. The number of hydrogen-bond donors (Lipinski definition) is 0. The van der Waals surface area contributed by atoms with Gasteiger partial charge in [0.1, 0.15) is 18.1 Å². The lowest BCUT2D eigenvalue weighted by atomic mass is 9.99. The number of unbranched alkanes of at least 4 members (excludes halogenated alkanes) is 2. The molecule has 4 aromatic rings. The van der Waals surface area contributed by atoms with E-state index in [1.54, 1.807) is 61.4 Å². The highest BCUT2D eigenvalue weighted by Crippen LogP contribution is 2.44. The summed E-state index contributed by atoms with van der Waals surface area (Å²) in [6, 6.07) is 14.8. The molecule has 0 bridgehead atoms. The number of hydrogen-bond acceptors (Lipinski definition) is 11. The van der Waals surface area contributed by atoms with Crippen LogP contribution in [0, 0.1) is 34.5 Å². The molecule has 4 heterocycles. The van der Waals surface area contributed by atoms with Gasteiger partial charge in [-0.1, -0.05) is 72.3 Å². The van der Waals surface area contributed by atoms with E-state index in [4.69, 9.17) is 14.7 Å². The van der Waals surface area contributed by atoms with Gasteiger partial charge in [-0.05, 0) is 55.0 Å². The van der Waals surface area contributed by atoms with Crippen LogP contribution in [0.3, 0.4) is 0 Å². The molecule has 4 aromatic heterocycles. The van der Waals surface area contributed by atoms with Crippen molar-refractivity contribution in [3.8, 4) is 34.7 Å². The van der Waals surface area contributed by atoms with Crippen LogP contribution < -0.4 is 0 Å². The number of aromatic nitrogens is 4. The van der Waals surface area contributed by atoms with Gasteiger partial charge in [0.15, 0.2) is 5.78 Å². The number of fused-ring (bicyclic) bond motifs is 6. The summed E-state index contributed by atoms with van der Waals surface area (Å²) in [7, 11) is 0. The second-order valence-corrected chi connectivity index (χ2v) is 13.3. The molecule has 0 fully saturated rings. The molecule has 0 radical (unpaired) electrons. The Labute approximate surface area is 323 Å². The lowest BCUT2D eigenvalue weighted by Crippen LogP contribution is -2.16. The van der Waals surface area contributed by atoms with Crippen LogP contribution in [-0.4, -0.2) is 50.9 Å². The van der Waals surface area contributed by atoms with Crippen molar-refractivity contribution < 1.29 is 23.9 Å². The van der Waals surface area contributed by atoms with Crippen LogP contribution in [-0.2, 0) is 19.1 Å². The monoisotopic (exact) mass is 740 g/mol. The topological polar surface area (TPSA) is 169 Å². The van der Waals surface area contributed by atoms with Gasteiger partial charge in [-0.3, -0.25) is 29.5 Å². The first kappa shape index (κ1) is 41.7. The molecule has 55 heavy (non-hydrogen) atoms. The van der Waals surface area contributed by atoms with E-state index < -0.39 is 11.9 Å². The second-order valence-electron chi connectivity index (χ2n) is 13.3. The zero-order valence-electron chi connectivity index (χ0n) is 32.1. The molecule has 0 amide bonds. The van der Waals surface area contributed by atoms with Crippen molar-refractivity contribution in [1.82, 2.24) is 19.9 Å². The molecule has 0 spiro atoms. The fourth-order valence-electron chi connectivity index (χ4n) is 6.36. The molecule has 284 valence electrons. The summed E-state index contributed by atoms with van der Waals surface area (Å²) in [5.41, 5.74) is 6.74. The minimum Gasteiger partial charge on any atom is -0.465 e. The quantitative estimate of drug-likeness (QED) is 0.0594. The average Bonchev–Trinajstić information content (AvgIpc) is 3.71. The molecule has 11 nitrogen and oxygen atoms in total. The van der Waals surface area contributed by atoms with Crippen LogP contribution in [0.5, 0.6) is 0 Å². The molecule has 0 saturated heterocycles. The van der Waals surface area contributed by atoms with Gasteiger partial charge in [0.25, 0.3) is 0 Å². The van der Waals surface area contributed by atoms with E-state index in [-0.39, 0.29) is 17.8 Å². The zero-order valence-corrected chi connectivity index (χ0v) is 32.1. The molecule has 0 aliphatic heterocycles. The first-order chi connectivity index (χ1) is 26.8. The van der Waals surface area contributed by atoms with Gasteiger partial charge < -0.3 is 9.47 Å². The smallest absolute Gasteiger partial charge is 0.349 e. The number of nitrogens with zero attached hydrogens (tertiary/aromatic N) is 6. The minimum absolute atomic E-state index is 0.0151. The van der Waals surface area contributed by atoms with Crippen LogP contribution in [0.1, 0.15) is 113 Å². The number of carbonyl (C=O) groups is 3. The molecule has 2 aliphatic rings. The van der Waals surface area contributed by atoms with Crippen molar-refractivity contribution in [3.05, 3.63) is 101 Å². The van der Waals surface area contributed by atoms with Gasteiger partial charge >= 0.3 is 11.9 Å². The van der Waals surface area contributed by atoms with E-state index in [9.17, 15) is 19.6 Å². The molecule has 2 aliphatic carbocycles. The average molecular weight is 741 g/mol. The van der Waals surface area contributed by atoms with Crippen molar-refractivity contribution >= 4 is 23.3 Å². The summed E-state index contributed by atoms with van der Waals surface area (Å²) in [5.74, 6) is -0.171. The van der Waals surface area contributed by atoms with Crippen molar-refractivity contribution in [1.29, 1.82) is 10.5 Å². The maximum absolute atomic E-state index is 12.7. The van der Waals surface area contributed by atoms with Crippen molar-refractivity contribution in [3.63, 3.8) is 0 Å². The SMILES string of the molecule is CCCCC(CC)COC(=O)/C(C#N)=C1\c2cnccc2-c2ncccc21.CCCCC(CC)COC(=O)CC#N.O=C1c2cnccc2-c2ncccc21. The summed E-state index contributed by atoms with van der Waals surface area (Å²) in [6.45, 7) is 9.30. The Hall–Kier alpha value is -6.07. The number of ether oxygens (including phenoxy) is 2.